The molecule has 38 heavy (non-hydrogen) atoms. The van der Waals surface area contributed by atoms with Crippen LogP contribution >= 0.6 is 0 Å². The summed E-state index contributed by atoms with van der Waals surface area (Å²) in [5.41, 5.74) is 7.83. The van der Waals surface area contributed by atoms with Crippen molar-refractivity contribution >= 4 is 16.7 Å². The molecular weight excluding hydrogens is 647 g/mol. The summed E-state index contributed by atoms with van der Waals surface area (Å²) in [5, 5.41) is 10.5. The van der Waals surface area contributed by atoms with E-state index >= 15 is 0 Å². The summed E-state index contributed by atoms with van der Waals surface area (Å²) in [4.78, 5) is 16.1. The van der Waals surface area contributed by atoms with E-state index in [1.807, 2.05) is 39.8 Å². The number of ketones is 1. The number of carbonyl (C=O) groups is 1. The van der Waals surface area contributed by atoms with E-state index in [1.54, 1.807) is 0 Å². The van der Waals surface area contributed by atoms with Gasteiger partial charge < -0.3 is 5.11 Å². The fourth-order valence-corrected chi connectivity index (χ4v) is 4.33. The third-order valence-electron chi connectivity index (χ3n) is 5.78. The van der Waals surface area contributed by atoms with Gasteiger partial charge in [-0.25, -0.2) is 0 Å². The molecule has 1 N–H and O–H groups in total. The van der Waals surface area contributed by atoms with Crippen LogP contribution in [0.25, 0.3) is 33.3 Å². The second-order valence-electron chi connectivity index (χ2n) is 10.5. The van der Waals surface area contributed by atoms with E-state index in [1.165, 1.54) is 28.2 Å². The summed E-state index contributed by atoms with van der Waals surface area (Å²) in [6.45, 7) is 12.2. The number of nitrogens with zero attached hydrogens (tertiary/aromatic N) is 1. The number of hydrogen-bond acceptors (Lipinski definition) is 3. The van der Waals surface area contributed by atoms with E-state index in [4.69, 9.17) is 4.98 Å². The molecule has 1 aromatic heterocycles. The molecule has 3 aromatic carbocycles. The van der Waals surface area contributed by atoms with Gasteiger partial charge in [-0.1, -0.05) is 96.1 Å². The number of hydrogen-bond donors (Lipinski definition) is 1. The van der Waals surface area contributed by atoms with Gasteiger partial charge in [-0.2, -0.15) is 0 Å². The summed E-state index contributed by atoms with van der Waals surface area (Å²) in [5.74, 6) is 0.979. The molecule has 0 amide bonds. The van der Waals surface area contributed by atoms with E-state index in [2.05, 4.69) is 80.6 Å². The maximum Gasteiger partial charge on any atom is 0.159 e. The van der Waals surface area contributed by atoms with Crippen LogP contribution < -0.4 is 0 Å². The SMILES string of the molecule is CC(C)CC(=O)/C=C(\O)CC(C)C.Cc1[c-]c(-c2cc(-c3ccccc3)c3ccccc3n2)cc(C)c1.[Ir]. The molecule has 0 spiro atoms. The first-order valence-electron chi connectivity index (χ1n) is 13.0. The number of rotatable bonds is 7. The van der Waals surface area contributed by atoms with Gasteiger partial charge in [-0.15, -0.1) is 34.9 Å². The Labute approximate surface area is 241 Å². The minimum absolute atomic E-state index is 0. The number of allylic oxidation sites excluding steroid dienone is 2. The smallest absolute Gasteiger partial charge is 0.159 e. The molecule has 0 fully saturated rings. The van der Waals surface area contributed by atoms with E-state index in [-0.39, 0.29) is 31.6 Å². The molecule has 0 unspecified atom stereocenters. The third kappa shape index (κ3) is 9.35. The van der Waals surface area contributed by atoms with Crippen LogP contribution in [0.5, 0.6) is 0 Å². The number of aliphatic hydroxyl groups is 1. The zero-order chi connectivity index (χ0) is 26.9. The molecule has 0 aliphatic heterocycles. The number of fused-ring (bicyclic) bond motifs is 1. The fraction of sp³-hybridized carbons (Fsp3) is 0.294. The van der Waals surface area contributed by atoms with Crippen LogP contribution in [0.2, 0.25) is 0 Å². The van der Waals surface area contributed by atoms with Crippen molar-refractivity contribution in [1.29, 1.82) is 0 Å². The van der Waals surface area contributed by atoms with Gasteiger partial charge in [-0.3, -0.25) is 9.78 Å². The molecule has 0 saturated carbocycles. The minimum atomic E-state index is 0. The van der Waals surface area contributed by atoms with Crippen LogP contribution in [0, 0.1) is 31.7 Å². The molecule has 201 valence electrons. The monoisotopic (exact) mass is 685 g/mol. The average molecular weight is 685 g/mol. The zero-order valence-corrected chi connectivity index (χ0v) is 25.6. The molecule has 4 rings (SSSR count). The predicted molar refractivity (Wildman–Crippen MR) is 156 cm³/mol. The molecule has 0 aliphatic carbocycles. The van der Waals surface area contributed by atoms with Gasteiger partial charge >= 0.3 is 0 Å². The van der Waals surface area contributed by atoms with Crippen LogP contribution in [-0.4, -0.2) is 15.9 Å². The van der Waals surface area contributed by atoms with Crippen molar-refractivity contribution in [2.45, 2.75) is 54.4 Å². The van der Waals surface area contributed by atoms with E-state index < -0.39 is 0 Å². The van der Waals surface area contributed by atoms with Crippen LogP contribution in [0.15, 0.2) is 84.6 Å². The Morgan fingerprint density at radius 1 is 0.895 bits per heavy atom. The Bertz CT molecular complexity index is 1350. The van der Waals surface area contributed by atoms with Gasteiger partial charge in [0.1, 0.15) is 0 Å². The minimum Gasteiger partial charge on any atom is -0.512 e. The first-order chi connectivity index (χ1) is 17.6. The molecule has 4 aromatic rings. The van der Waals surface area contributed by atoms with Gasteiger partial charge in [0.15, 0.2) is 5.78 Å². The topological polar surface area (TPSA) is 50.2 Å². The number of carbonyl (C=O) groups excluding carboxylic acids is 1. The van der Waals surface area contributed by atoms with Crippen molar-refractivity contribution < 1.29 is 30.0 Å². The molecule has 1 radical (unpaired) electrons. The van der Waals surface area contributed by atoms with Gasteiger partial charge in [0.25, 0.3) is 0 Å². The standard InChI is InChI=1S/C23H18N.C11H20O2.Ir/c1-16-12-17(2)14-19(13-16)23-15-21(18-8-4-3-5-9-18)20-10-6-7-11-22(20)24-23;1-8(2)5-10(12)7-11(13)6-9(3)4;/h3-13,15H,1-2H3;7-9,12H,5-6H2,1-4H3;/q-1;;/b;10-7-;. The number of aliphatic hydroxyl groups excluding tert-OH is 1. The predicted octanol–water partition coefficient (Wildman–Crippen LogP) is 9.07. The van der Waals surface area contributed by atoms with Crippen molar-refractivity contribution in [3.63, 3.8) is 0 Å². The second kappa shape index (κ2) is 14.8. The number of benzene rings is 3. The van der Waals surface area contributed by atoms with Gasteiger partial charge in [0.2, 0.25) is 0 Å². The quantitative estimate of drug-likeness (QED) is 0.120. The molecule has 4 heteroatoms. The van der Waals surface area contributed by atoms with Crippen LogP contribution in [0.3, 0.4) is 0 Å². The van der Waals surface area contributed by atoms with E-state index in [0.717, 1.165) is 22.3 Å². The first-order valence-corrected chi connectivity index (χ1v) is 13.0. The van der Waals surface area contributed by atoms with Crippen molar-refractivity contribution in [3.8, 4) is 22.4 Å². The Hall–Kier alpha value is -3.07. The Morgan fingerprint density at radius 3 is 2.16 bits per heavy atom. The first kappa shape index (κ1) is 31.1. The fourth-order valence-electron chi connectivity index (χ4n) is 4.33. The van der Waals surface area contributed by atoms with Gasteiger partial charge in [-0.05, 0) is 34.7 Å². The Kier molecular flexibility index (Phi) is 12.1. The Balaban J connectivity index is 0.000000313. The summed E-state index contributed by atoms with van der Waals surface area (Å²) in [6.07, 6.45) is 2.46. The number of aryl methyl sites for hydroxylation is 2. The summed E-state index contributed by atoms with van der Waals surface area (Å²) in [6, 6.07) is 28.7. The van der Waals surface area contributed by atoms with E-state index in [0.29, 0.717) is 24.7 Å². The third-order valence-corrected chi connectivity index (χ3v) is 5.78. The molecule has 0 bridgehead atoms. The maximum atomic E-state index is 11.2. The second-order valence-corrected chi connectivity index (χ2v) is 10.5. The summed E-state index contributed by atoms with van der Waals surface area (Å²) in [7, 11) is 0. The summed E-state index contributed by atoms with van der Waals surface area (Å²) >= 11 is 0. The maximum absolute atomic E-state index is 11.2. The van der Waals surface area contributed by atoms with Crippen LogP contribution in [0.1, 0.15) is 51.7 Å². The number of aromatic nitrogens is 1. The normalized spacial score (nSPS) is 11.2. The van der Waals surface area contributed by atoms with Crippen LogP contribution in [-0.2, 0) is 24.9 Å². The van der Waals surface area contributed by atoms with Gasteiger partial charge in [0, 0.05) is 44.4 Å². The molecule has 3 nitrogen and oxygen atoms in total. The summed E-state index contributed by atoms with van der Waals surface area (Å²) < 4.78 is 0. The number of para-hydroxylation sites is 1. The van der Waals surface area contributed by atoms with E-state index in [9.17, 15) is 9.90 Å². The van der Waals surface area contributed by atoms with Crippen molar-refractivity contribution in [1.82, 2.24) is 4.98 Å². The van der Waals surface area contributed by atoms with Crippen molar-refractivity contribution in [2.24, 2.45) is 11.8 Å². The molecular formula is C34H38IrNO2-. The van der Waals surface area contributed by atoms with Crippen molar-refractivity contribution in [3.05, 3.63) is 102 Å². The largest absolute Gasteiger partial charge is 0.512 e. The molecule has 0 atom stereocenters. The van der Waals surface area contributed by atoms with Gasteiger partial charge in [0.05, 0.1) is 11.3 Å². The van der Waals surface area contributed by atoms with Crippen molar-refractivity contribution in [2.75, 3.05) is 0 Å². The van der Waals surface area contributed by atoms with Crippen LogP contribution in [0.4, 0.5) is 0 Å². The zero-order valence-electron chi connectivity index (χ0n) is 23.2. The Morgan fingerprint density at radius 2 is 1.53 bits per heavy atom. The molecule has 0 aliphatic rings. The number of pyridine rings is 1. The molecule has 0 saturated heterocycles. The molecule has 1 heterocycles. The average Bonchev–Trinajstić information content (AvgIpc) is 2.82.